The second-order valence-corrected chi connectivity index (χ2v) is 6.36. The summed E-state index contributed by atoms with van der Waals surface area (Å²) in [4.78, 5) is 0. The van der Waals surface area contributed by atoms with Gasteiger partial charge in [-0.1, -0.05) is 31.4 Å². The number of aryl methyl sites for hydroxylation is 1. The standard InChI is InChI=1S/C18H23ClN2/c1-2-3-4-8-17-16-7-5-6-9-18(16)21(20-17)15-12-10-14(19)11-13-15/h10-13H,2-9H2,1H3. The zero-order valence-corrected chi connectivity index (χ0v) is 13.5. The number of hydrogen-bond acceptors (Lipinski definition) is 1. The van der Waals surface area contributed by atoms with Gasteiger partial charge in [-0.15, -0.1) is 0 Å². The molecule has 1 aliphatic rings. The monoisotopic (exact) mass is 302 g/mol. The van der Waals surface area contributed by atoms with Crippen molar-refractivity contribution >= 4 is 11.6 Å². The first-order chi connectivity index (χ1) is 10.3. The van der Waals surface area contributed by atoms with E-state index in [1.54, 1.807) is 0 Å². The molecule has 1 aromatic carbocycles. The Labute approximate surface area is 132 Å². The number of aromatic nitrogens is 2. The van der Waals surface area contributed by atoms with Gasteiger partial charge in [0.15, 0.2) is 0 Å². The highest BCUT2D eigenvalue weighted by molar-refractivity contribution is 6.30. The third-order valence-electron chi connectivity index (χ3n) is 4.35. The van der Waals surface area contributed by atoms with Crippen LogP contribution in [0.3, 0.4) is 0 Å². The first-order valence-electron chi connectivity index (χ1n) is 8.15. The smallest absolute Gasteiger partial charge is 0.0663 e. The lowest BCUT2D eigenvalue weighted by molar-refractivity contribution is 0.652. The van der Waals surface area contributed by atoms with Crippen LogP contribution in [0, 0.1) is 0 Å². The summed E-state index contributed by atoms with van der Waals surface area (Å²) in [5.41, 5.74) is 5.41. The number of fused-ring (bicyclic) bond motifs is 1. The van der Waals surface area contributed by atoms with Crippen LogP contribution in [0.25, 0.3) is 5.69 Å². The molecule has 0 saturated carbocycles. The molecule has 2 aromatic rings. The molecule has 3 heteroatoms. The second-order valence-electron chi connectivity index (χ2n) is 5.92. The molecule has 21 heavy (non-hydrogen) atoms. The number of nitrogens with zero attached hydrogens (tertiary/aromatic N) is 2. The minimum atomic E-state index is 0.781. The molecule has 1 heterocycles. The Morgan fingerprint density at radius 2 is 1.86 bits per heavy atom. The van der Waals surface area contributed by atoms with Crippen molar-refractivity contribution in [3.05, 3.63) is 46.2 Å². The van der Waals surface area contributed by atoms with Gasteiger partial charge in [-0.3, -0.25) is 0 Å². The highest BCUT2D eigenvalue weighted by Crippen LogP contribution is 2.28. The molecule has 2 nitrogen and oxygen atoms in total. The lowest BCUT2D eigenvalue weighted by Gasteiger charge is -2.14. The molecule has 0 saturated heterocycles. The molecular weight excluding hydrogens is 280 g/mol. The Balaban J connectivity index is 1.94. The van der Waals surface area contributed by atoms with Crippen molar-refractivity contribution in [2.45, 2.75) is 58.3 Å². The van der Waals surface area contributed by atoms with E-state index in [0.29, 0.717) is 0 Å². The Kier molecular flexibility index (Phi) is 4.64. The maximum Gasteiger partial charge on any atom is 0.0663 e. The highest BCUT2D eigenvalue weighted by atomic mass is 35.5. The Hall–Kier alpha value is -1.28. The van der Waals surface area contributed by atoms with E-state index in [1.807, 2.05) is 12.1 Å². The van der Waals surface area contributed by atoms with E-state index in [1.165, 1.54) is 55.5 Å². The van der Waals surface area contributed by atoms with Crippen LogP contribution in [0.1, 0.15) is 56.0 Å². The van der Waals surface area contributed by atoms with Crippen LogP contribution in [0.5, 0.6) is 0 Å². The van der Waals surface area contributed by atoms with Gasteiger partial charge in [0.2, 0.25) is 0 Å². The molecule has 0 aliphatic heterocycles. The highest BCUT2D eigenvalue weighted by Gasteiger charge is 2.21. The van der Waals surface area contributed by atoms with Crippen molar-refractivity contribution in [1.82, 2.24) is 9.78 Å². The van der Waals surface area contributed by atoms with E-state index in [4.69, 9.17) is 16.7 Å². The molecule has 0 bridgehead atoms. The topological polar surface area (TPSA) is 17.8 Å². The molecular formula is C18H23ClN2. The van der Waals surface area contributed by atoms with Gasteiger partial charge in [0.25, 0.3) is 0 Å². The van der Waals surface area contributed by atoms with Crippen molar-refractivity contribution in [1.29, 1.82) is 0 Å². The largest absolute Gasteiger partial charge is 0.237 e. The summed E-state index contributed by atoms with van der Waals surface area (Å²) >= 11 is 6.00. The van der Waals surface area contributed by atoms with Crippen molar-refractivity contribution in [2.24, 2.45) is 0 Å². The SMILES string of the molecule is CCCCCc1nn(-c2ccc(Cl)cc2)c2c1CCCC2. The maximum absolute atomic E-state index is 6.00. The lowest BCUT2D eigenvalue weighted by Crippen LogP contribution is -2.07. The minimum Gasteiger partial charge on any atom is -0.237 e. The average molecular weight is 303 g/mol. The lowest BCUT2D eigenvalue weighted by atomic mass is 9.94. The van der Waals surface area contributed by atoms with Crippen LogP contribution >= 0.6 is 11.6 Å². The van der Waals surface area contributed by atoms with Crippen LogP contribution in [0.4, 0.5) is 0 Å². The van der Waals surface area contributed by atoms with Crippen LogP contribution in [0.15, 0.2) is 24.3 Å². The molecule has 112 valence electrons. The third kappa shape index (κ3) is 3.16. The predicted molar refractivity (Wildman–Crippen MR) is 88.4 cm³/mol. The fourth-order valence-corrected chi connectivity index (χ4v) is 3.34. The zero-order valence-electron chi connectivity index (χ0n) is 12.7. The van der Waals surface area contributed by atoms with Crippen molar-refractivity contribution in [2.75, 3.05) is 0 Å². The summed E-state index contributed by atoms with van der Waals surface area (Å²) < 4.78 is 2.16. The molecule has 3 rings (SSSR count). The number of unbranched alkanes of at least 4 members (excludes halogenated alkanes) is 2. The number of benzene rings is 1. The van der Waals surface area contributed by atoms with Gasteiger partial charge in [0.05, 0.1) is 11.4 Å². The first-order valence-corrected chi connectivity index (χ1v) is 8.53. The van der Waals surface area contributed by atoms with Crippen molar-refractivity contribution in [3.8, 4) is 5.69 Å². The summed E-state index contributed by atoms with van der Waals surface area (Å²) in [5.74, 6) is 0. The average Bonchev–Trinajstić information content (AvgIpc) is 2.88. The fourth-order valence-electron chi connectivity index (χ4n) is 3.21. The van der Waals surface area contributed by atoms with Crippen LogP contribution < -0.4 is 0 Å². The van der Waals surface area contributed by atoms with Crippen LogP contribution in [-0.4, -0.2) is 9.78 Å². The molecule has 0 atom stereocenters. The van der Waals surface area contributed by atoms with Crippen molar-refractivity contribution in [3.63, 3.8) is 0 Å². The molecule has 0 amide bonds. The molecule has 1 aliphatic carbocycles. The third-order valence-corrected chi connectivity index (χ3v) is 4.60. The van der Waals surface area contributed by atoms with Crippen molar-refractivity contribution < 1.29 is 0 Å². The number of halogens is 1. The summed E-state index contributed by atoms with van der Waals surface area (Å²) in [6, 6.07) is 8.04. The first kappa shape index (κ1) is 14.6. The summed E-state index contributed by atoms with van der Waals surface area (Å²) in [6.45, 7) is 2.25. The van der Waals surface area contributed by atoms with E-state index in [0.717, 1.165) is 23.6 Å². The maximum atomic E-state index is 6.00. The Morgan fingerprint density at radius 3 is 2.62 bits per heavy atom. The molecule has 1 aromatic heterocycles. The van der Waals surface area contributed by atoms with Gasteiger partial charge in [0, 0.05) is 10.7 Å². The molecule has 0 spiro atoms. The van der Waals surface area contributed by atoms with E-state index in [9.17, 15) is 0 Å². The second kappa shape index (κ2) is 6.65. The van der Waals surface area contributed by atoms with Crippen LogP contribution in [0.2, 0.25) is 5.02 Å². The summed E-state index contributed by atoms with van der Waals surface area (Å²) in [6.07, 6.45) is 9.86. The van der Waals surface area contributed by atoms with E-state index in [2.05, 4.69) is 23.7 Å². The van der Waals surface area contributed by atoms with E-state index in [-0.39, 0.29) is 0 Å². The minimum absolute atomic E-state index is 0.781. The quantitative estimate of drug-likeness (QED) is 0.699. The number of hydrogen-bond donors (Lipinski definition) is 0. The normalized spacial score (nSPS) is 14.2. The Bertz CT molecular complexity index is 598. The number of rotatable bonds is 5. The molecule has 0 radical (unpaired) electrons. The van der Waals surface area contributed by atoms with Gasteiger partial charge in [-0.2, -0.15) is 5.10 Å². The van der Waals surface area contributed by atoms with E-state index >= 15 is 0 Å². The van der Waals surface area contributed by atoms with Crippen LogP contribution in [-0.2, 0) is 19.3 Å². The fraction of sp³-hybridized carbons (Fsp3) is 0.500. The summed E-state index contributed by atoms with van der Waals surface area (Å²) in [7, 11) is 0. The Morgan fingerprint density at radius 1 is 1.10 bits per heavy atom. The molecule has 0 unspecified atom stereocenters. The molecule has 0 N–H and O–H groups in total. The van der Waals surface area contributed by atoms with Gasteiger partial charge in [-0.05, 0) is 68.4 Å². The van der Waals surface area contributed by atoms with Gasteiger partial charge in [0.1, 0.15) is 0 Å². The zero-order chi connectivity index (χ0) is 14.7. The summed E-state index contributed by atoms with van der Waals surface area (Å²) in [5, 5.41) is 5.72. The molecule has 0 fully saturated rings. The predicted octanol–water partition coefficient (Wildman–Crippen LogP) is 5.14. The van der Waals surface area contributed by atoms with Gasteiger partial charge < -0.3 is 0 Å². The van der Waals surface area contributed by atoms with E-state index < -0.39 is 0 Å². The van der Waals surface area contributed by atoms with Gasteiger partial charge in [-0.25, -0.2) is 4.68 Å². The van der Waals surface area contributed by atoms with Gasteiger partial charge >= 0.3 is 0 Å².